The van der Waals surface area contributed by atoms with Crippen LogP contribution in [-0.2, 0) is 6.42 Å². The molecule has 0 spiro atoms. The Bertz CT molecular complexity index is 830. The number of rotatable bonds is 3. The van der Waals surface area contributed by atoms with Crippen LogP contribution in [0, 0.1) is 12.8 Å². The van der Waals surface area contributed by atoms with Crippen LogP contribution in [0.1, 0.15) is 34.6 Å². The van der Waals surface area contributed by atoms with Crippen LogP contribution in [0.2, 0.25) is 0 Å². The van der Waals surface area contributed by atoms with Crippen molar-refractivity contribution in [3.05, 3.63) is 53.5 Å². The third-order valence-corrected chi connectivity index (χ3v) is 4.99. The van der Waals surface area contributed by atoms with Crippen LogP contribution in [0.5, 0.6) is 0 Å². The maximum Gasteiger partial charge on any atom is 0.270 e. The zero-order valence-electron chi connectivity index (χ0n) is 13.9. The first-order valence-corrected chi connectivity index (χ1v) is 8.56. The third-order valence-electron chi connectivity index (χ3n) is 4.99. The number of nitrogens with zero attached hydrogens (tertiary/aromatic N) is 2. The first-order chi connectivity index (χ1) is 11.7. The molecule has 0 saturated carbocycles. The normalized spacial score (nSPS) is 18.2. The predicted molar refractivity (Wildman–Crippen MR) is 94.0 cm³/mol. The molecule has 1 saturated heterocycles. The molecule has 1 aliphatic rings. The lowest BCUT2D eigenvalue weighted by Crippen LogP contribution is -2.40. The van der Waals surface area contributed by atoms with E-state index in [9.17, 15) is 4.79 Å². The number of carbonyl (C=O) groups is 1. The summed E-state index contributed by atoms with van der Waals surface area (Å²) in [5.74, 6) is 0.600. The molecule has 0 bridgehead atoms. The van der Waals surface area contributed by atoms with Crippen LogP contribution in [0.15, 0.2) is 36.5 Å². The van der Waals surface area contributed by atoms with Crippen LogP contribution >= 0.6 is 0 Å². The Labute approximate surface area is 141 Å². The number of fused-ring (bicyclic) bond motifs is 1. The van der Waals surface area contributed by atoms with Crippen molar-refractivity contribution in [2.24, 2.45) is 5.92 Å². The molecule has 1 atom stereocenters. The van der Waals surface area contributed by atoms with Crippen molar-refractivity contribution in [1.82, 2.24) is 20.1 Å². The van der Waals surface area contributed by atoms with Gasteiger partial charge in [-0.1, -0.05) is 18.2 Å². The Morgan fingerprint density at radius 3 is 3.04 bits per heavy atom. The van der Waals surface area contributed by atoms with Crippen LogP contribution in [0.3, 0.4) is 0 Å². The van der Waals surface area contributed by atoms with Gasteiger partial charge in [0.2, 0.25) is 0 Å². The highest BCUT2D eigenvalue weighted by Crippen LogP contribution is 2.23. The second-order valence-electron chi connectivity index (χ2n) is 6.77. The predicted octanol–water partition coefficient (Wildman–Crippen LogP) is 3.29. The van der Waals surface area contributed by atoms with Gasteiger partial charge in [0.25, 0.3) is 5.91 Å². The Balaban J connectivity index is 1.49. The van der Waals surface area contributed by atoms with Crippen molar-refractivity contribution in [3.8, 4) is 0 Å². The maximum atomic E-state index is 12.9. The summed E-state index contributed by atoms with van der Waals surface area (Å²) in [5.41, 5.74) is 4.10. The van der Waals surface area contributed by atoms with Gasteiger partial charge in [-0.2, -0.15) is 5.10 Å². The summed E-state index contributed by atoms with van der Waals surface area (Å²) in [7, 11) is 0. The Hall–Kier alpha value is -2.56. The molecule has 2 N–H and O–H groups in total. The van der Waals surface area contributed by atoms with E-state index in [0.29, 0.717) is 11.6 Å². The van der Waals surface area contributed by atoms with E-state index in [1.54, 1.807) is 0 Å². The minimum absolute atomic E-state index is 0.109. The number of aryl methyl sites for hydroxylation is 1. The number of aromatic amines is 2. The third kappa shape index (κ3) is 2.82. The van der Waals surface area contributed by atoms with E-state index < -0.39 is 0 Å². The SMILES string of the molecule is Cc1cn[nH]c1CC1CCCN(C(=O)c2cc3ccccc3[nH]2)C1. The van der Waals surface area contributed by atoms with Gasteiger partial charge in [0.05, 0.1) is 6.20 Å². The lowest BCUT2D eigenvalue weighted by Gasteiger charge is -2.32. The molecule has 1 unspecified atom stereocenters. The van der Waals surface area contributed by atoms with E-state index in [2.05, 4.69) is 22.1 Å². The first kappa shape index (κ1) is 15.0. The molecule has 4 rings (SSSR count). The van der Waals surface area contributed by atoms with Crippen molar-refractivity contribution >= 4 is 16.8 Å². The summed E-state index contributed by atoms with van der Waals surface area (Å²) >= 11 is 0. The number of hydrogen-bond acceptors (Lipinski definition) is 2. The number of H-pyrrole nitrogens is 2. The Morgan fingerprint density at radius 2 is 2.25 bits per heavy atom. The second-order valence-corrected chi connectivity index (χ2v) is 6.77. The molecule has 5 heteroatoms. The van der Waals surface area contributed by atoms with Crippen molar-refractivity contribution in [2.45, 2.75) is 26.2 Å². The van der Waals surface area contributed by atoms with Gasteiger partial charge in [0.15, 0.2) is 0 Å². The van der Waals surface area contributed by atoms with Crippen LogP contribution < -0.4 is 0 Å². The molecule has 1 aromatic carbocycles. The minimum atomic E-state index is 0.109. The average Bonchev–Trinajstić information content (AvgIpc) is 3.21. The van der Waals surface area contributed by atoms with Gasteiger partial charge in [-0.15, -0.1) is 0 Å². The zero-order valence-corrected chi connectivity index (χ0v) is 13.9. The number of hydrogen-bond donors (Lipinski definition) is 2. The summed E-state index contributed by atoms with van der Waals surface area (Å²) in [6.45, 7) is 3.73. The van der Waals surface area contributed by atoms with Gasteiger partial charge >= 0.3 is 0 Å². The fourth-order valence-corrected chi connectivity index (χ4v) is 3.64. The minimum Gasteiger partial charge on any atom is -0.351 e. The number of aromatic nitrogens is 3. The van der Waals surface area contributed by atoms with Crippen molar-refractivity contribution in [2.75, 3.05) is 13.1 Å². The van der Waals surface area contributed by atoms with Gasteiger partial charge in [-0.3, -0.25) is 9.89 Å². The van der Waals surface area contributed by atoms with Gasteiger partial charge in [0.1, 0.15) is 5.69 Å². The summed E-state index contributed by atoms with van der Waals surface area (Å²) < 4.78 is 0. The molecule has 24 heavy (non-hydrogen) atoms. The largest absolute Gasteiger partial charge is 0.351 e. The van der Waals surface area contributed by atoms with Crippen molar-refractivity contribution < 1.29 is 4.79 Å². The molecule has 3 aromatic rings. The highest BCUT2D eigenvalue weighted by Gasteiger charge is 2.26. The highest BCUT2D eigenvalue weighted by atomic mass is 16.2. The smallest absolute Gasteiger partial charge is 0.270 e. The number of piperidine rings is 1. The second kappa shape index (κ2) is 6.15. The topological polar surface area (TPSA) is 64.8 Å². The molecule has 1 amide bonds. The zero-order chi connectivity index (χ0) is 16.5. The Morgan fingerprint density at radius 1 is 1.38 bits per heavy atom. The Kier molecular flexibility index (Phi) is 3.84. The molecule has 0 radical (unpaired) electrons. The highest BCUT2D eigenvalue weighted by molar-refractivity contribution is 5.98. The van der Waals surface area contributed by atoms with Gasteiger partial charge < -0.3 is 9.88 Å². The number of benzene rings is 1. The van der Waals surface area contributed by atoms with Gasteiger partial charge in [0, 0.05) is 29.7 Å². The number of carbonyl (C=O) groups excluding carboxylic acids is 1. The molecular formula is C19H22N4O. The maximum absolute atomic E-state index is 12.9. The van der Waals surface area contributed by atoms with Crippen LogP contribution in [-0.4, -0.2) is 39.1 Å². The fraction of sp³-hybridized carbons (Fsp3) is 0.368. The number of para-hydroxylation sites is 1. The average molecular weight is 322 g/mol. The standard InChI is InChI=1S/C19H22N4O/c1-13-11-20-22-17(13)9-14-5-4-8-23(12-14)19(24)18-10-15-6-2-3-7-16(15)21-18/h2-3,6-7,10-11,14,21H,4-5,8-9,12H2,1H3,(H,20,22). The summed E-state index contributed by atoms with van der Waals surface area (Å²) in [6, 6.07) is 9.97. The molecule has 124 valence electrons. The first-order valence-electron chi connectivity index (χ1n) is 8.56. The molecular weight excluding hydrogens is 300 g/mol. The number of likely N-dealkylation sites (tertiary alicyclic amines) is 1. The lowest BCUT2D eigenvalue weighted by atomic mass is 9.92. The summed E-state index contributed by atoms with van der Waals surface area (Å²) in [5, 5.41) is 8.27. The van der Waals surface area contributed by atoms with E-state index in [4.69, 9.17) is 0 Å². The van der Waals surface area contributed by atoms with Crippen LogP contribution in [0.4, 0.5) is 0 Å². The van der Waals surface area contributed by atoms with Crippen molar-refractivity contribution in [1.29, 1.82) is 0 Å². The molecule has 1 aliphatic heterocycles. The molecule has 3 heterocycles. The number of amides is 1. The quantitative estimate of drug-likeness (QED) is 0.777. The van der Waals surface area contributed by atoms with E-state index in [1.165, 1.54) is 11.3 Å². The summed E-state index contributed by atoms with van der Waals surface area (Å²) in [6.07, 6.45) is 5.05. The molecule has 5 nitrogen and oxygen atoms in total. The number of nitrogens with one attached hydrogen (secondary N) is 2. The van der Waals surface area contributed by atoms with E-state index in [-0.39, 0.29) is 5.91 Å². The fourth-order valence-electron chi connectivity index (χ4n) is 3.64. The summed E-state index contributed by atoms with van der Waals surface area (Å²) in [4.78, 5) is 18.1. The van der Waals surface area contributed by atoms with Crippen molar-refractivity contribution in [3.63, 3.8) is 0 Å². The van der Waals surface area contributed by atoms with E-state index in [0.717, 1.165) is 43.3 Å². The van der Waals surface area contributed by atoms with E-state index >= 15 is 0 Å². The molecule has 0 aliphatic carbocycles. The monoisotopic (exact) mass is 322 g/mol. The van der Waals surface area contributed by atoms with Gasteiger partial charge in [-0.05, 0) is 49.8 Å². The van der Waals surface area contributed by atoms with Gasteiger partial charge in [-0.25, -0.2) is 0 Å². The van der Waals surface area contributed by atoms with E-state index in [1.807, 2.05) is 41.4 Å². The van der Waals surface area contributed by atoms with Crippen LogP contribution in [0.25, 0.3) is 10.9 Å². The molecule has 1 fully saturated rings. The lowest BCUT2D eigenvalue weighted by molar-refractivity contribution is 0.0668. The molecule has 2 aromatic heterocycles.